The van der Waals surface area contributed by atoms with Gasteiger partial charge in [-0.2, -0.15) is 0 Å². The van der Waals surface area contributed by atoms with E-state index in [2.05, 4.69) is 5.32 Å². The second-order valence-electron chi connectivity index (χ2n) is 4.79. The van der Waals surface area contributed by atoms with E-state index >= 15 is 0 Å². The average molecular weight is 263 g/mol. The molecule has 1 aliphatic carbocycles. The maximum Gasteiger partial charge on any atom is 0.307 e. The van der Waals surface area contributed by atoms with Crippen LogP contribution in [0.2, 0.25) is 0 Å². The quantitative estimate of drug-likeness (QED) is 0.859. The van der Waals surface area contributed by atoms with Crippen LogP contribution in [0.15, 0.2) is 23.1 Å². The van der Waals surface area contributed by atoms with Gasteiger partial charge in [-0.15, -0.1) is 11.8 Å². The molecule has 1 aliphatic heterocycles. The molecule has 0 aromatic heterocycles. The maximum atomic E-state index is 11.5. The van der Waals surface area contributed by atoms with E-state index in [1.54, 1.807) is 0 Å². The van der Waals surface area contributed by atoms with E-state index in [0.717, 1.165) is 22.6 Å². The highest BCUT2D eigenvalue weighted by molar-refractivity contribution is 8.00. The van der Waals surface area contributed by atoms with E-state index in [1.807, 2.05) is 25.1 Å². The van der Waals surface area contributed by atoms with Gasteiger partial charge in [0.25, 0.3) is 0 Å². The van der Waals surface area contributed by atoms with Gasteiger partial charge in [-0.3, -0.25) is 9.59 Å². The highest BCUT2D eigenvalue weighted by Gasteiger charge is 2.44. The first-order valence-corrected chi connectivity index (χ1v) is 6.78. The smallest absolute Gasteiger partial charge is 0.307 e. The molecule has 1 saturated carbocycles. The number of anilines is 1. The number of benzene rings is 1. The summed E-state index contributed by atoms with van der Waals surface area (Å²) in [6.07, 6.45) is 0.723. The number of carboxylic acids is 1. The molecule has 18 heavy (non-hydrogen) atoms. The minimum absolute atomic E-state index is 0.0232. The van der Waals surface area contributed by atoms with Gasteiger partial charge in [0.2, 0.25) is 5.91 Å². The van der Waals surface area contributed by atoms with Gasteiger partial charge in [-0.25, -0.2) is 0 Å². The Kier molecular flexibility index (Phi) is 2.59. The van der Waals surface area contributed by atoms with Gasteiger partial charge in [-0.05, 0) is 37.0 Å². The summed E-state index contributed by atoms with van der Waals surface area (Å²) < 4.78 is 0. The number of carbonyl (C=O) groups is 2. The third-order valence-corrected chi connectivity index (χ3v) is 4.63. The van der Waals surface area contributed by atoms with Crippen LogP contribution in [0, 0.1) is 5.92 Å². The summed E-state index contributed by atoms with van der Waals surface area (Å²) in [4.78, 5) is 23.4. The van der Waals surface area contributed by atoms with Crippen LogP contribution in [0.3, 0.4) is 0 Å². The highest BCUT2D eigenvalue weighted by Crippen LogP contribution is 2.49. The number of carboxylic acid groups (broad SMARTS) is 1. The zero-order valence-corrected chi connectivity index (χ0v) is 10.7. The lowest BCUT2D eigenvalue weighted by atomic mass is 10.1. The van der Waals surface area contributed by atoms with Crippen LogP contribution in [0.25, 0.3) is 0 Å². The molecule has 0 saturated heterocycles. The average Bonchev–Trinajstić information content (AvgIpc) is 3.10. The first-order chi connectivity index (χ1) is 8.56. The lowest BCUT2D eigenvalue weighted by Crippen LogP contribution is -2.26. The van der Waals surface area contributed by atoms with E-state index in [0.29, 0.717) is 0 Å². The van der Waals surface area contributed by atoms with Crippen molar-refractivity contribution in [2.75, 3.05) is 5.32 Å². The summed E-state index contributed by atoms with van der Waals surface area (Å²) >= 11 is 1.53. The van der Waals surface area contributed by atoms with Gasteiger partial charge in [0.1, 0.15) is 0 Å². The van der Waals surface area contributed by atoms with Crippen molar-refractivity contribution in [3.8, 4) is 0 Å². The van der Waals surface area contributed by atoms with E-state index in [-0.39, 0.29) is 23.0 Å². The Bertz CT molecular complexity index is 543. The molecule has 1 amide bonds. The Morgan fingerprint density at radius 1 is 1.50 bits per heavy atom. The molecule has 94 valence electrons. The number of carbonyl (C=O) groups excluding carboxylic acids is 1. The molecule has 1 fully saturated rings. The van der Waals surface area contributed by atoms with Crippen LogP contribution in [0.1, 0.15) is 24.8 Å². The number of aliphatic carboxylic acids is 1. The number of rotatable bonds is 2. The molecular weight excluding hydrogens is 250 g/mol. The van der Waals surface area contributed by atoms with Gasteiger partial charge < -0.3 is 10.4 Å². The molecule has 3 atom stereocenters. The molecule has 0 spiro atoms. The fourth-order valence-electron chi connectivity index (χ4n) is 2.28. The van der Waals surface area contributed by atoms with Crippen molar-refractivity contribution in [2.45, 2.75) is 29.4 Å². The van der Waals surface area contributed by atoms with Gasteiger partial charge in [0.15, 0.2) is 0 Å². The summed E-state index contributed by atoms with van der Waals surface area (Å²) in [5.41, 5.74) is 1.90. The molecule has 0 radical (unpaired) electrons. The monoisotopic (exact) mass is 263 g/mol. The van der Waals surface area contributed by atoms with Crippen LogP contribution in [0.5, 0.6) is 0 Å². The van der Waals surface area contributed by atoms with Gasteiger partial charge >= 0.3 is 5.97 Å². The van der Waals surface area contributed by atoms with Crippen molar-refractivity contribution >= 4 is 29.3 Å². The zero-order chi connectivity index (χ0) is 12.9. The first-order valence-electron chi connectivity index (χ1n) is 5.90. The maximum absolute atomic E-state index is 11.5. The molecule has 3 rings (SSSR count). The van der Waals surface area contributed by atoms with E-state index in [9.17, 15) is 9.59 Å². The Hall–Kier alpha value is -1.49. The molecule has 0 bridgehead atoms. The Morgan fingerprint density at radius 2 is 2.28 bits per heavy atom. The minimum atomic E-state index is -0.716. The van der Waals surface area contributed by atoms with Crippen molar-refractivity contribution in [3.63, 3.8) is 0 Å². The number of amides is 1. The van der Waals surface area contributed by atoms with Gasteiger partial charge in [0.05, 0.1) is 16.9 Å². The molecule has 4 nitrogen and oxygen atoms in total. The Balaban J connectivity index is 1.86. The van der Waals surface area contributed by atoms with Crippen LogP contribution in [-0.4, -0.2) is 22.2 Å². The molecule has 2 aliphatic rings. The number of nitrogens with one attached hydrogen (secondary N) is 1. The number of hydrogen-bond donors (Lipinski definition) is 2. The molecule has 1 heterocycles. The van der Waals surface area contributed by atoms with Crippen molar-refractivity contribution in [2.24, 2.45) is 5.92 Å². The SMILES string of the molecule is CC1Sc2cc(C3CC3C(=O)O)ccc2NC1=O. The predicted octanol–water partition coefficient (Wildman–Crippen LogP) is 2.31. The summed E-state index contributed by atoms with van der Waals surface area (Å²) in [5, 5.41) is 11.7. The van der Waals surface area contributed by atoms with Crippen molar-refractivity contribution in [1.29, 1.82) is 0 Å². The Morgan fingerprint density at radius 3 is 2.94 bits per heavy atom. The zero-order valence-electron chi connectivity index (χ0n) is 9.84. The third-order valence-electron chi connectivity index (χ3n) is 3.47. The van der Waals surface area contributed by atoms with E-state index < -0.39 is 5.97 Å². The fourth-order valence-corrected chi connectivity index (χ4v) is 3.28. The molecular formula is C13H13NO3S. The molecule has 5 heteroatoms. The fraction of sp³-hybridized carbons (Fsp3) is 0.385. The number of thioether (sulfide) groups is 1. The van der Waals surface area contributed by atoms with Crippen molar-refractivity contribution in [1.82, 2.24) is 0 Å². The second-order valence-corrected chi connectivity index (χ2v) is 6.17. The minimum Gasteiger partial charge on any atom is -0.481 e. The standard InChI is InChI=1S/C13H13NO3S/c1-6-12(15)14-10-3-2-7(4-11(10)18-6)8-5-9(8)13(16)17/h2-4,6,8-9H,5H2,1H3,(H,14,15)(H,16,17). The van der Waals surface area contributed by atoms with E-state index in [1.165, 1.54) is 11.8 Å². The topological polar surface area (TPSA) is 66.4 Å². The van der Waals surface area contributed by atoms with Crippen molar-refractivity contribution in [3.05, 3.63) is 23.8 Å². The number of hydrogen-bond acceptors (Lipinski definition) is 3. The van der Waals surface area contributed by atoms with Crippen LogP contribution in [0.4, 0.5) is 5.69 Å². The van der Waals surface area contributed by atoms with Gasteiger partial charge in [0, 0.05) is 4.90 Å². The van der Waals surface area contributed by atoms with Crippen LogP contribution >= 0.6 is 11.8 Å². The predicted molar refractivity (Wildman–Crippen MR) is 68.9 cm³/mol. The molecule has 1 aromatic rings. The summed E-state index contributed by atoms with van der Waals surface area (Å²) in [5.74, 6) is -0.785. The van der Waals surface area contributed by atoms with Gasteiger partial charge in [-0.1, -0.05) is 6.07 Å². The lowest BCUT2D eigenvalue weighted by Gasteiger charge is -2.21. The normalized spacial score (nSPS) is 29.4. The third kappa shape index (κ3) is 1.88. The van der Waals surface area contributed by atoms with E-state index in [4.69, 9.17) is 5.11 Å². The largest absolute Gasteiger partial charge is 0.481 e. The lowest BCUT2D eigenvalue weighted by molar-refractivity contribution is -0.138. The molecule has 1 aromatic carbocycles. The van der Waals surface area contributed by atoms with Crippen molar-refractivity contribution < 1.29 is 14.7 Å². The second kappa shape index (κ2) is 4.02. The Labute approximate surface area is 109 Å². The highest BCUT2D eigenvalue weighted by atomic mass is 32.2. The summed E-state index contributed by atoms with van der Waals surface area (Å²) in [7, 11) is 0. The van der Waals surface area contributed by atoms with Crippen LogP contribution < -0.4 is 5.32 Å². The number of fused-ring (bicyclic) bond motifs is 1. The first kappa shape index (κ1) is 11.6. The summed E-state index contributed by atoms with van der Waals surface area (Å²) in [6, 6.07) is 5.81. The van der Waals surface area contributed by atoms with Crippen LogP contribution in [-0.2, 0) is 9.59 Å². The molecule has 2 N–H and O–H groups in total. The molecule has 3 unspecified atom stereocenters. The summed E-state index contributed by atoms with van der Waals surface area (Å²) in [6.45, 7) is 1.87.